The first-order chi connectivity index (χ1) is 28.1. The number of hydrogen-bond donors (Lipinski definition) is 0. The molecular formula is C53H37N5. The van der Waals surface area contributed by atoms with Crippen molar-refractivity contribution < 1.29 is 0 Å². The summed E-state index contributed by atoms with van der Waals surface area (Å²) in [7, 11) is 0. The van der Waals surface area contributed by atoms with Gasteiger partial charge in [0, 0.05) is 27.5 Å². The molecule has 10 rings (SSSR count). The molecule has 0 atom stereocenters. The number of nitrogens with zero attached hydrogens (tertiary/aromatic N) is 5. The number of aromatic nitrogens is 3. The Bertz CT molecular complexity index is 2870. The van der Waals surface area contributed by atoms with Crippen LogP contribution in [0.1, 0.15) is 61.1 Å². The SMILES string of the molecule is CC1(C)c2cc(C#N)ccc2-c2ccc(-c3cc(-c4ccc5c(c4)C(C)(C)c4cc(C#N)ccc4-5)cc(-c4nc(-c5ccccc5)nc(-c5ccccc5)n4)c3)cc21. The maximum Gasteiger partial charge on any atom is 0.164 e. The zero-order chi connectivity index (χ0) is 39.8. The fourth-order valence-corrected chi connectivity index (χ4v) is 9.00. The summed E-state index contributed by atoms with van der Waals surface area (Å²) in [6, 6.07) is 57.0. The summed E-state index contributed by atoms with van der Waals surface area (Å²) < 4.78 is 0. The monoisotopic (exact) mass is 743 g/mol. The highest BCUT2D eigenvalue weighted by Gasteiger charge is 2.37. The molecule has 5 nitrogen and oxygen atoms in total. The Labute approximate surface area is 338 Å². The summed E-state index contributed by atoms with van der Waals surface area (Å²) in [4.78, 5) is 15.3. The molecule has 7 aromatic carbocycles. The molecular weight excluding hydrogens is 707 g/mol. The van der Waals surface area contributed by atoms with Crippen molar-refractivity contribution >= 4 is 0 Å². The third-order valence-corrected chi connectivity index (χ3v) is 12.2. The van der Waals surface area contributed by atoms with E-state index >= 15 is 0 Å². The van der Waals surface area contributed by atoms with Crippen molar-refractivity contribution in [3.63, 3.8) is 0 Å². The highest BCUT2D eigenvalue weighted by Crippen LogP contribution is 2.52. The third-order valence-electron chi connectivity index (χ3n) is 12.2. The van der Waals surface area contributed by atoms with Crippen LogP contribution in [0, 0.1) is 22.7 Å². The maximum atomic E-state index is 9.72. The van der Waals surface area contributed by atoms with Crippen LogP contribution in [-0.4, -0.2) is 15.0 Å². The van der Waals surface area contributed by atoms with Gasteiger partial charge in [0.2, 0.25) is 0 Å². The van der Waals surface area contributed by atoms with E-state index in [-0.39, 0.29) is 10.8 Å². The zero-order valence-electron chi connectivity index (χ0n) is 32.7. The van der Waals surface area contributed by atoms with Crippen LogP contribution in [0.3, 0.4) is 0 Å². The Morgan fingerprint density at radius 3 is 1.09 bits per heavy atom. The van der Waals surface area contributed by atoms with Gasteiger partial charge in [0.05, 0.1) is 23.3 Å². The lowest BCUT2D eigenvalue weighted by Gasteiger charge is -2.23. The molecule has 0 N–H and O–H groups in total. The van der Waals surface area contributed by atoms with Crippen molar-refractivity contribution in [2.45, 2.75) is 38.5 Å². The second-order valence-electron chi connectivity index (χ2n) is 16.4. The van der Waals surface area contributed by atoms with Crippen molar-refractivity contribution in [1.82, 2.24) is 15.0 Å². The Balaban J connectivity index is 1.18. The third kappa shape index (κ3) is 5.55. The van der Waals surface area contributed by atoms with Gasteiger partial charge in [-0.3, -0.25) is 0 Å². The quantitative estimate of drug-likeness (QED) is 0.175. The number of rotatable bonds is 5. The van der Waals surface area contributed by atoms with Gasteiger partial charge in [0.1, 0.15) is 0 Å². The molecule has 0 saturated carbocycles. The second kappa shape index (κ2) is 13.1. The molecule has 0 radical (unpaired) electrons. The Morgan fingerprint density at radius 1 is 0.345 bits per heavy atom. The van der Waals surface area contributed by atoms with Gasteiger partial charge < -0.3 is 0 Å². The zero-order valence-corrected chi connectivity index (χ0v) is 32.7. The summed E-state index contributed by atoms with van der Waals surface area (Å²) in [5.74, 6) is 1.81. The largest absolute Gasteiger partial charge is 0.208 e. The minimum absolute atomic E-state index is 0.288. The van der Waals surface area contributed by atoms with Crippen molar-refractivity contribution in [2.75, 3.05) is 0 Å². The number of nitriles is 2. The van der Waals surface area contributed by atoms with Gasteiger partial charge in [0.15, 0.2) is 17.5 Å². The summed E-state index contributed by atoms with van der Waals surface area (Å²) in [6.45, 7) is 8.98. The fourth-order valence-electron chi connectivity index (χ4n) is 9.00. The predicted octanol–water partition coefficient (Wildman–Crippen LogP) is 12.6. The molecule has 1 aromatic heterocycles. The molecule has 0 aliphatic heterocycles. The van der Waals surface area contributed by atoms with Gasteiger partial charge in [-0.25, -0.2) is 15.0 Å². The van der Waals surface area contributed by atoms with E-state index in [4.69, 9.17) is 15.0 Å². The summed E-state index contributed by atoms with van der Waals surface area (Å²) in [6.07, 6.45) is 0. The van der Waals surface area contributed by atoms with Crippen LogP contribution >= 0.6 is 0 Å². The molecule has 5 heteroatoms. The van der Waals surface area contributed by atoms with Crippen LogP contribution in [0.25, 0.3) is 78.7 Å². The Kier molecular flexibility index (Phi) is 7.87. The summed E-state index contributed by atoms with van der Waals surface area (Å²) >= 11 is 0. The van der Waals surface area contributed by atoms with E-state index in [0.29, 0.717) is 28.6 Å². The van der Waals surface area contributed by atoms with E-state index < -0.39 is 0 Å². The first-order valence-corrected chi connectivity index (χ1v) is 19.5. The minimum Gasteiger partial charge on any atom is -0.208 e. The van der Waals surface area contributed by atoms with Crippen LogP contribution in [-0.2, 0) is 10.8 Å². The van der Waals surface area contributed by atoms with Gasteiger partial charge in [-0.15, -0.1) is 0 Å². The molecule has 0 bridgehead atoms. The molecule has 2 aliphatic rings. The van der Waals surface area contributed by atoms with E-state index in [2.05, 4.69) is 107 Å². The van der Waals surface area contributed by atoms with Crippen LogP contribution in [0.4, 0.5) is 0 Å². The minimum atomic E-state index is -0.288. The molecule has 1 heterocycles. The Hall–Kier alpha value is -7.47. The van der Waals surface area contributed by atoms with Crippen LogP contribution in [0.2, 0.25) is 0 Å². The van der Waals surface area contributed by atoms with E-state index in [0.717, 1.165) is 38.9 Å². The molecule has 0 spiro atoms. The van der Waals surface area contributed by atoms with E-state index in [9.17, 15) is 10.5 Å². The normalized spacial score (nSPS) is 13.8. The highest BCUT2D eigenvalue weighted by molar-refractivity contribution is 5.88. The average molecular weight is 744 g/mol. The lowest BCUT2D eigenvalue weighted by Crippen LogP contribution is -2.15. The van der Waals surface area contributed by atoms with E-state index in [1.807, 2.05) is 84.9 Å². The topological polar surface area (TPSA) is 86.2 Å². The lowest BCUT2D eigenvalue weighted by atomic mass is 9.80. The predicted molar refractivity (Wildman–Crippen MR) is 232 cm³/mol. The first-order valence-electron chi connectivity index (χ1n) is 19.5. The highest BCUT2D eigenvalue weighted by atomic mass is 15.0. The standard InChI is InChI=1S/C53H37N5/c1-52(2)45-23-32(30-54)15-19-41(45)43-21-17-36(28-47(43)52)38-25-39(37-18-22-44-42-20-16-33(31-55)24-46(42)53(3,4)48(44)29-37)27-40(26-38)51-57-49(34-11-7-5-8-12-34)56-50(58-51)35-13-9-6-10-14-35/h5-29H,1-4H3. The van der Waals surface area contributed by atoms with Gasteiger partial charge in [-0.1, -0.05) is 125 Å². The van der Waals surface area contributed by atoms with Crippen LogP contribution < -0.4 is 0 Å². The molecule has 0 saturated heterocycles. The van der Waals surface area contributed by atoms with Crippen molar-refractivity contribution in [1.29, 1.82) is 10.5 Å². The number of benzene rings is 7. The molecule has 8 aromatic rings. The van der Waals surface area contributed by atoms with Crippen molar-refractivity contribution in [2.24, 2.45) is 0 Å². The van der Waals surface area contributed by atoms with Gasteiger partial charge >= 0.3 is 0 Å². The first kappa shape index (κ1) is 35.0. The Morgan fingerprint density at radius 2 is 0.690 bits per heavy atom. The van der Waals surface area contributed by atoms with Crippen LogP contribution in [0.15, 0.2) is 152 Å². The van der Waals surface area contributed by atoms with Gasteiger partial charge in [-0.2, -0.15) is 10.5 Å². The molecule has 0 fully saturated rings. The fraction of sp³-hybridized carbons (Fsp3) is 0.113. The molecule has 274 valence electrons. The summed E-state index contributed by atoms with van der Waals surface area (Å²) in [5.41, 5.74) is 17.3. The average Bonchev–Trinajstić information content (AvgIpc) is 3.64. The summed E-state index contributed by atoms with van der Waals surface area (Å²) in [5, 5.41) is 19.4. The molecule has 58 heavy (non-hydrogen) atoms. The number of hydrogen-bond acceptors (Lipinski definition) is 5. The number of fused-ring (bicyclic) bond motifs is 6. The lowest BCUT2D eigenvalue weighted by molar-refractivity contribution is 0.660. The van der Waals surface area contributed by atoms with Crippen LogP contribution in [0.5, 0.6) is 0 Å². The van der Waals surface area contributed by atoms with E-state index in [1.165, 1.54) is 44.5 Å². The molecule has 2 aliphatic carbocycles. The van der Waals surface area contributed by atoms with Crippen molar-refractivity contribution in [3.05, 3.63) is 185 Å². The smallest absolute Gasteiger partial charge is 0.164 e. The second-order valence-corrected chi connectivity index (χ2v) is 16.4. The maximum absolute atomic E-state index is 9.72. The van der Waals surface area contributed by atoms with Gasteiger partial charge in [0.25, 0.3) is 0 Å². The van der Waals surface area contributed by atoms with Gasteiger partial charge in [-0.05, 0) is 121 Å². The molecule has 0 amide bonds. The van der Waals surface area contributed by atoms with E-state index in [1.54, 1.807) is 0 Å². The van der Waals surface area contributed by atoms with Crippen molar-refractivity contribution in [3.8, 4) is 90.8 Å². The molecule has 0 unspecified atom stereocenters.